The van der Waals surface area contributed by atoms with Crippen LogP contribution in [0.2, 0.25) is 0 Å². The van der Waals surface area contributed by atoms with Crippen LogP contribution in [0.1, 0.15) is 38.3 Å². The first-order valence-corrected chi connectivity index (χ1v) is 7.64. The van der Waals surface area contributed by atoms with Gasteiger partial charge in [-0.1, -0.05) is 44.2 Å². The van der Waals surface area contributed by atoms with Crippen molar-refractivity contribution < 1.29 is 0 Å². The Bertz CT molecular complexity index is 355. The van der Waals surface area contributed by atoms with Crippen LogP contribution in [0, 0.1) is 11.8 Å². The van der Waals surface area contributed by atoms with Crippen LogP contribution < -0.4 is 5.32 Å². The molecule has 106 valence electrons. The smallest absolute Gasteiger partial charge is 0.0368 e. The summed E-state index contributed by atoms with van der Waals surface area (Å²) in [5.74, 6) is 1.45. The third-order valence-electron chi connectivity index (χ3n) is 4.19. The van der Waals surface area contributed by atoms with E-state index in [9.17, 15) is 0 Å². The molecule has 1 aliphatic rings. The Morgan fingerprint density at radius 3 is 2.58 bits per heavy atom. The molecule has 19 heavy (non-hydrogen) atoms. The average molecular weight is 260 g/mol. The standard InChI is InChI=1S/C17H28N2/c1-14(2)17(16-9-5-4-6-10-16)19(3)13-15-8-7-11-18-12-15/h4-6,9-10,14-15,17-18H,7-8,11-13H2,1-3H3. The maximum atomic E-state index is 3.52. The molecule has 0 aromatic heterocycles. The minimum Gasteiger partial charge on any atom is -0.316 e. The third kappa shape index (κ3) is 4.05. The van der Waals surface area contributed by atoms with E-state index in [0.717, 1.165) is 5.92 Å². The summed E-state index contributed by atoms with van der Waals surface area (Å²) in [6.07, 6.45) is 2.70. The lowest BCUT2D eigenvalue weighted by molar-refractivity contribution is 0.154. The van der Waals surface area contributed by atoms with Gasteiger partial charge in [0.15, 0.2) is 0 Å². The zero-order valence-corrected chi connectivity index (χ0v) is 12.6. The van der Waals surface area contributed by atoms with E-state index >= 15 is 0 Å². The number of hydrogen-bond donors (Lipinski definition) is 1. The summed E-state index contributed by atoms with van der Waals surface area (Å²) < 4.78 is 0. The molecule has 1 aliphatic heterocycles. The Labute approximate surface area is 118 Å². The van der Waals surface area contributed by atoms with Gasteiger partial charge in [-0.3, -0.25) is 4.90 Å². The van der Waals surface area contributed by atoms with Crippen LogP contribution in [0.15, 0.2) is 30.3 Å². The van der Waals surface area contributed by atoms with E-state index < -0.39 is 0 Å². The number of rotatable bonds is 5. The van der Waals surface area contributed by atoms with Gasteiger partial charge in [0.1, 0.15) is 0 Å². The van der Waals surface area contributed by atoms with Gasteiger partial charge in [0.25, 0.3) is 0 Å². The van der Waals surface area contributed by atoms with E-state index in [0.29, 0.717) is 12.0 Å². The zero-order chi connectivity index (χ0) is 13.7. The number of piperidine rings is 1. The van der Waals surface area contributed by atoms with Gasteiger partial charge >= 0.3 is 0 Å². The Morgan fingerprint density at radius 2 is 2.00 bits per heavy atom. The van der Waals surface area contributed by atoms with Gasteiger partial charge in [0, 0.05) is 12.6 Å². The van der Waals surface area contributed by atoms with E-state index in [4.69, 9.17) is 0 Å². The van der Waals surface area contributed by atoms with Crippen molar-refractivity contribution in [3.8, 4) is 0 Å². The molecule has 0 spiro atoms. The molecule has 2 nitrogen and oxygen atoms in total. The van der Waals surface area contributed by atoms with Gasteiger partial charge in [0.05, 0.1) is 0 Å². The Balaban J connectivity index is 2.02. The summed E-state index contributed by atoms with van der Waals surface area (Å²) in [7, 11) is 2.28. The first kappa shape index (κ1) is 14.5. The molecule has 0 saturated carbocycles. The van der Waals surface area contributed by atoms with Gasteiger partial charge < -0.3 is 5.32 Å². The first-order chi connectivity index (χ1) is 9.18. The van der Waals surface area contributed by atoms with E-state index in [1.165, 1.54) is 38.0 Å². The van der Waals surface area contributed by atoms with Crippen molar-refractivity contribution in [2.75, 3.05) is 26.7 Å². The maximum absolute atomic E-state index is 3.52. The van der Waals surface area contributed by atoms with Crippen LogP contribution in [0.5, 0.6) is 0 Å². The topological polar surface area (TPSA) is 15.3 Å². The fourth-order valence-electron chi connectivity index (χ4n) is 3.40. The maximum Gasteiger partial charge on any atom is 0.0368 e. The minimum atomic E-state index is 0.531. The summed E-state index contributed by atoms with van der Waals surface area (Å²) in [5.41, 5.74) is 1.45. The fourth-order valence-corrected chi connectivity index (χ4v) is 3.40. The summed E-state index contributed by atoms with van der Waals surface area (Å²) in [6, 6.07) is 11.5. The lowest BCUT2D eigenvalue weighted by atomic mass is 9.92. The summed E-state index contributed by atoms with van der Waals surface area (Å²) in [6.45, 7) is 8.24. The van der Waals surface area contributed by atoms with Crippen molar-refractivity contribution in [2.45, 2.75) is 32.7 Å². The predicted octanol–water partition coefficient (Wildman–Crippen LogP) is 3.32. The molecular weight excluding hydrogens is 232 g/mol. The monoisotopic (exact) mass is 260 g/mol. The second kappa shape index (κ2) is 7.06. The number of nitrogens with one attached hydrogen (secondary N) is 1. The zero-order valence-electron chi connectivity index (χ0n) is 12.6. The molecule has 2 atom stereocenters. The molecule has 1 heterocycles. The molecule has 1 aromatic carbocycles. The van der Waals surface area contributed by atoms with Crippen LogP contribution in [0.4, 0.5) is 0 Å². The van der Waals surface area contributed by atoms with Gasteiger partial charge in [0.2, 0.25) is 0 Å². The fraction of sp³-hybridized carbons (Fsp3) is 0.647. The van der Waals surface area contributed by atoms with Gasteiger partial charge in [-0.15, -0.1) is 0 Å². The van der Waals surface area contributed by atoms with Crippen molar-refractivity contribution in [1.82, 2.24) is 10.2 Å². The highest BCUT2D eigenvalue weighted by Crippen LogP contribution is 2.28. The number of hydrogen-bond acceptors (Lipinski definition) is 2. The molecule has 0 aliphatic carbocycles. The highest BCUT2D eigenvalue weighted by molar-refractivity contribution is 5.19. The molecule has 1 saturated heterocycles. The number of benzene rings is 1. The molecular formula is C17H28N2. The third-order valence-corrected chi connectivity index (χ3v) is 4.19. The molecule has 1 N–H and O–H groups in total. The summed E-state index contributed by atoms with van der Waals surface area (Å²) in [5, 5.41) is 3.52. The van der Waals surface area contributed by atoms with E-state index in [1.54, 1.807) is 0 Å². The van der Waals surface area contributed by atoms with Crippen molar-refractivity contribution >= 4 is 0 Å². The SMILES string of the molecule is CC(C)C(c1ccccc1)N(C)CC1CCCNC1. The average Bonchev–Trinajstić information content (AvgIpc) is 2.40. The van der Waals surface area contributed by atoms with Gasteiger partial charge in [-0.2, -0.15) is 0 Å². The van der Waals surface area contributed by atoms with Crippen molar-refractivity contribution in [2.24, 2.45) is 11.8 Å². The molecule has 2 heteroatoms. The van der Waals surface area contributed by atoms with Crippen molar-refractivity contribution in [3.63, 3.8) is 0 Å². The quantitative estimate of drug-likeness (QED) is 0.873. The van der Waals surface area contributed by atoms with Crippen molar-refractivity contribution in [3.05, 3.63) is 35.9 Å². The lowest BCUT2D eigenvalue weighted by Gasteiger charge is -2.35. The van der Waals surface area contributed by atoms with Crippen LogP contribution >= 0.6 is 0 Å². The molecule has 2 rings (SSSR count). The molecule has 0 radical (unpaired) electrons. The highest BCUT2D eigenvalue weighted by Gasteiger charge is 2.23. The van der Waals surface area contributed by atoms with Crippen LogP contribution in [-0.2, 0) is 0 Å². The van der Waals surface area contributed by atoms with Crippen LogP contribution in [0.3, 0.4) is 0 Å². The number of nitrogens with zero attached hydrogens (tertiary/aromatic N) is 1. The second-order valence-corrected chi connectivity index (χ2v) is 6.25. The minimum absolute atomic E-state index is 0.531. The molecule has 1 fully saturated rings. The second-order valence-electron chi connectivity index (χ2n) is 6.25. The summed E-state index contributed by atoms with van der Waals surface area (Å²) in [4.78, 5) is 2.55. The van der Waals surface area contributed by atoms with E-state index in [-0.39, 0.29) is 0 Å². The van der Waals surface area contributed by atoms with Crippen LogP contribution in [-0.4, -0.2) is 31.6 Å². The summed E-state index contributed by atoms with van der Waals surface area (Å²) >= 11 is 0. The van der Waals surface area contributed by atoms with Crippen LogP contribution in [0.25, 0.3) is 0 Å². The Kier molecular flexibility index (Phi) is 5.41. The Hall–Kier alpha value is -0.860. The largest absolute Gasteiger partial charge is 0.316 e. The highest BCUT2D eigenvalue weighted by atomic mass is 15.1. The predicted molar refractivity (Wildman–Crippen MR) is 82.2 cm³/mol. The lowest BCUT2D eigenvalue weighted by Crippen LogP contribution is -2.39. The Morgan fingerprint density at radius 1 is 1.26 bits per heavy atom. The van der Waals surface area contributed by atoms with Gasteiger partial charge in [-0.25, -0.2) is 0 Å². The molecule has 0 bridgehead atoms. The normalized spacial score (nSPS) is 21.8. The molecule has 1 aromatic rings. The molecule has 0 amide bonds. The first-order valence-electron chi connectivity index (χ1n) is 7.64. The van der Waals surface area contributed by atoms with Gasteiger partial charge in [-0.05, 0) is 50.4 Å². The van der Waals surface area contributed by atoms with Crippen molar-refractivity contribution in [1.29, 1.82) is 0 Å². The van der Waals surface area contributed by atoms with E-state index in [1.807, 2.05) is 0 Å². The molecule has 2 unspecified atom stereocenters. The van der Waals surface area contributed by atoms with E-state index in [2.05, 4.69) is 61.4 Å².